The Bertz CT molecular complexity index is 405. The Balaban J connectivity index is 3.11. The maximum Gasteiger partial charge on any atom is 0.273 e. The third-order valence-electron chi connectivity index (χ3n) is 2.51. The van der Waals surface area contributed by atoms with Gasteiger partial charge in [-0.15, -0.1) is 0 Å². The maximum absolute atomic E-state index is 10.8. The second kappa shape index (κ2) is 6.77. The number of nitro benzene ring substituents is 1. The number of hydrogen-bond acceptors (Lipinski definition) is 6. The van der Waals surface area contributed by atoms with Gasteiger partial charge in [-0.25, -0.2) is 0 Å². The molecule has 100 valence electrons. The van der Waals surface area contributed by atoms with E-state index in [0.717, 1.165) is 0 Å². The highest BCUT2D eigenvalue weighted by Gasteiger charge is 2.13. The van der Waals surface area contributed by atoms with Crippen molar-refractivity contribution in [1.82, 2.24) is 0 Å². The van der Waals surface area contributed by atoms with Gasteiger partial charge in [0.1, 0.15) is 0 Å². The second-order valence-corrected chi connectivity index (χ2v) is 3.68. The van der Waals surface area contributed by atoms with Crippen LogP contribution in [0.4, 0.5) is 17.1 Å². The quantitative estimate of drug-likeness (QED) is 0.482. The number of benzene rings is 1. The summed E-state index contributed by atoms with van der Waals surface area (Å²) in [6.45, 7) is 0.449. The summed E-state index contributed by atoms with van der Waals surface area (Å²) in [4.78, 5) is 12.0. The molecule has 3 N–H and O–H groups in total. The lowest BCUT2D eigenvalue weighted by Crippen LogP contribution is -2.29. The third-order valence-corrected chi connectivity index (χ3v) is 2.51. The first-order valence-electron chi connectivity index (χ1n) is 5.56. The van der Waals surface area contributed by atoms with Crippen LogP contribution in [0.25, 0.3) is 0 Å². The minimum Gasteiger partial charge on any atom is -0.395 e. The molecule has 18 heavy (non-hydrogen) atoms. The largest absolute Gasteiger partial charge is 0.395 e. The summed E-state index contributed by atoms with van der Waals surface area (Å²) < 4.78 is 0. The van der Waals surface area contributed by atoms with E-state index in [2.05, 4.69) is 5.32 Å². The van der Waals surface area contributed by atoms with Gasteiger partial charge in [-0.1, -0.05) is 0 Å². The number of non-ortho nitro benzene ring substituents is 1. The van der Waals surface area contributed by atoms with Gasteiger partial charge in [-0.2, -0.15) is 0 Å². The Kier molecular flexibility index (Phi) is 5.34. The molecule has 1 aromatic rings. The van der Waals surface area contributed by atoms with Gasteiger partial charge in [0.05, 0.1) is 18.1 Å². The highest BCUT2D eigenvalue weighted by molar-refractivity contribution is 5.64. The Morgan fingerprint density at radius 2 is 1.89 bits per heavy atom. The molecule has 0 heterocycles. The lowest BCUT2D eigenvalue weighted by atomic mass is 10.2. The molecule has 0 radical (unpaired) electrons. The van der Waals surface area contributed by atoms with Crippen molar-refractivity contribution in [1.29, 1.82) is 0 Å². The van der Waals surface area contributed by atoms with Crippen LogP contribution in [-0.4, -0.2) is 48.5 Å². The molecule has 0 aliphatic rings. The summed E-state index contributed by atoms with van der Waals surface area (Å²) >= 11 is 0. The fraction of sp³-hybridized carbons (Fsp3) is 0.455. The molecule has 0 atom stereocenters. The Morgan fingerprint density at radius 3 is 2.33 bits per heavy atom. The zero-order valence-electron chi connectivity index (χ0n) is 10.2. The summed E-state index contributed by atoms with van der Waals surface area (Å²) in [6, 6.07) is 4.59. The minimum absolute atomic E-state index is 0.0299. The highest BCUT2D eigenvalue weighted by atomic mass is 16.6. The van der Waals surface area contributed by atoms with Crippen LogP contribution >= 0.6 is 0 Å². The first kappa shape index (κ1) is 14.2. The van der Waals surface area contributed by atoms with Gasteiger partial charge >= 0.3 is 0 Å². The topological polar surface area (TPSA) is 98.9 Å². The van der Waals surface area contributed by atoms with E-state index in [-0.39, 0.29) is 18.9 Å². The van der Waals surface area contributed by atoms with Crippen LogP contribution in [0.3, 0.4) is 0 Å². The average molecular weight is 255 g/mol. The van der Waals surface area contributed by atoms with Gasteiger partial charge in [0, 0.05) is 43.6 Å². The Labute approximate surface area is 105 Å². The molecule has 0 aromatic heterocycles. The van der Waals surface area contributed by atoms with E-state index in [1.807, 2.05) is 0 Å². The molecule has 1 aromatic carbocycles. The summed E-state index contributed by atoms with van der Waals surface area (Å²) in [5, 5.41) is 31.6. The molecule has 0 amide bonds. The van der Waals surface area contributed by atoms with Gasteiger partial charge in [-0.05, 0) is 6.07 Å². The van der Waals surface area contributed by atoms with E-state index in [9.17, 15) is 10.1 Å². The Morgan fingerprint density at radius 1 is 1.28 bits per heavy atom. The molecule has 0 saturated heterocycles. The zero-order chi connectivity index (χ0) is 13.5. The van der Waals surface area contributed by atoms with E-state index >= 15 is 0 Å². The van der Waals surface area contributed by atoms with Crippen LogP contribution in [0, 0.1) is 10.1 Å². The number of aliphatic hydroxyl groups excluding tert-OH is 2. The van der Waals surface area contributed by atoms with Gasteiger partial charge in [-0.3, -0.25) is 10.1 Å². The fourth-order valence-corrected chi connectivity index (χ4v) is 1.64. The molecule has 0 aliphatic heterocycles. The lowest BCUT2D eigenvalue weighted by molar-refractivity contribution is -0.384. The highest BCUT2D eigenvalue weighted by Crippen LogP contribution is 2.26. The Hall–Kier alpha value is -1.86. The molecular weight excluding hydrogens is 238 g/mol. The summed E-state index contributed by atoms with van der Waals surface area (Å²) in [7, 11) is 1.67. The van der Waals surface area contributed by atoms with E-state index in [1.165, 1.54) is 12.1 Å². The smallest absolute Gasteiger partial charge is 0.273 e. The van der Waals surface area contributed by atoms with Crippen LogP contribution in [0.15, 0.2) is 18.2 Å². The van der Waals surface area contributed by atoms with Crippen LogP contribution in [0.1, 0.15) is 0 Å². The van der Waals surface area contributed by atoms with Gasteiger partial charge in [0.15, 0.2) is 0 Å². The fourth-order valence-electron chi connectivity index (χ4n) is 1.64. The monoisotopic (exact) mass is 255 g/mol. The molecule has 7 heteroatoms. The van der Waals surface area contributed by atoms with E-state index in [4.69, 9.17) is 10.2 Å². The third kappa shape index (κ3) is 3.57. The van der Waals surface area contributed by atoms with E-state index < -0.39 is 4.92 Å². The molecular formula is C11H17N3O4. The number of rotatable bonds is 7. The van der Waals surface area contributed by atoms with Crippen molar-refractivity contribution >= 4 is 17.1 Å². The van der Waals surface area contributed by atoms with Gasteiger partial charge in [0.25, 0.3) is 5.69 Å². The maximum atomic E-state index is 10.8. The van der Waals surface area contributed by atoms with Crippen LogP contribution in [0.5, 0.6) is 0 Å². The first-order valence-corrected chi connectivity index (χ1v) is 5.56. The molecule has 7 nitrogen and oxygen atoms in total. The van der Waals surface area contributed by atoms with Crippen molar-refractivity contribution in [3.8, 4) is 0 Å². The van der Waals surface area contributed by atoms with Crippen molar-refractivity contribution in [2.75, 3.05) is 43.6 Å². The normalized spacial score (nSPS) is 10.2. The summed E-state index contributed by atoms with van der Waals surface area (Å²) in [6.07, 6.45) is 0. The molecule has 0 unspecified atom stereocenters. The van der Waals surface area contributed by atoms with Crippen molar-refractivity contribution < 1.29 is 15.1 Å². The molecule has 0 spiro atoms. The number of anilines is 2. The van der Waals surface area contributed by atoms with Crippen molar-refractivity contribution in [2.45, 2.75) is 0 Å². The zero-order valence-corrected chi connectivity index (χ0v) is 10.2. The van der Waals surface area contributed by atoms with Crippen molar-refractivity contribution in [3.05, 3.63) is 28.3 Å². The predicted octanol–water partition coefficient (Wildman–Crippen LogP) is 0.427. The molecule has 1 rings (SSSR count). The predicted molar refractivity (Wildman–Crippen MR) is 69.0 cm³/mol. The standard InChI is InChI=1S/C11H17N3O4/c1-12-9-6-10(8-11(7-9)14(17)18)13(2-4-15)3-5-16/h6-8,12,15-16H,2-5H2,1H3. The summed E-state index contributed by atoms with van der Waals surface area (Å²) in [5.41, 5.74) is 1.18. The van der Waals surface area contributed by atoms with Crippen molar-refractivity contribution in [2.24, 2.45) is 0 Å². The van der Waals surface area contributed by atoms with E-state index in [0.29, 0.717) is 24.5 Å². The average Bonchev–Trinajstić information content (AvgIpc) is 2.37. The number of aliphatic hydroxyl groups is 2. The molecule has 0 saturated carbocycles. The van der Waals surface area contributed by atoms with Crippen LogP contribution < -0.4 is 10.2 Å². The second-order valence-electron chi connectivity index (χ2n) is 3.68. The van der Waals surface area contributed by atoms with E-state index in [1.54, 1.807) is 18.0 Å². The minimum atomic E-state index is -0.472. The molecule has 0 aliphatic carbocycles. The van der Waals surface area contributed by atoms with Gasteiger partial charge in [0.2, 0.25) is 0 Å². The number of hydrogen-bond donors (Lipinski definition) is 3. The van der Waals surface area contributed by atoms with Gasteiger partial charge < -0.3 is 20.4 Å². The summed E-state index contributed by atoms with van der Waals surface area (Å²) in [5.74, 6) is 0. The number of nitro groups is 1. The lowest BCUT2D eigenvalue weighted by Gasteiger charge is -2.23. The van der Waals surface area contributed by atoms with Crippen molar-refractivity contribution in [3.63, 3.8) is 0 Å². The number of nitrogens with zero attached hydrogens (tertiary/aromatic N) is 2. The molecule has 0 fully saturated rings. The number of nitrogens with one attached hydrogen (secondary N) is 1. The molecule has 0 bridgehead atoms. The SMILES string of the molecule is CNc1cc(N(CCO)CCO)cc([N+](=O)[O-])c1. The van der Waals surface area contributed by atoms with Crippen LogP contribution in [0.2, 0.25) is 0 Å². The van der Waals surface area contributed by atoms with Crippen LogP contribution in [-0.2, 0) is 0 Å². The first-order chi connectivity index (χ1) is 8.62.